The first kappa shape index (κ1) is 12.4. The van der Waals surface area contributed by atoms with Crippen molar-refractivity contribution in [3.63, 3.8) is 0 Å². The number of nitrogens with one attached hydrogen (secondary N) is 1. The smallest absolute Gasteiger partial charge is 0.287 e. The molecule has 0 amide bonds. The molecule has 2 heterocycles. The Morgan fingerprint density at radius 2 is 2.17 bits per heavy atom. The second-order valence-electron chi connectivity index (χ2n) is 4.25. The molecule has 0 unspecified atom stereocenters. The molecule has 0 aliphatic rings. The molecular weight excluding hydrogens is 252 g/mol. The highest BCUT2D eigenvalue weighted by Gasteiger charge is 2.23. The average Bonchev–Trinajstić information content (AvgIpc) is 2.83. The number of rotatable bonds is 4. The van der Waals surface area contributed by atoms with E-state index in [1.54, 1.807) is 23.6 Å². The summed E-state index contributed by atoms with van der Waals surface area (Å²) >= 11 is 1.55. The van der Waals surface area contributed by atoms with E-state index >= 15 is 0 Å². The first-order valence-electron chi connectivity index (χ1n) is 5.27. The van der Waals surface area contributed by atoms with Crippen LogP contribution in [0.15, 0.2) is 29.9 Å². The summed E-state index contributed by atoms with van der Waals surface area (Å²) in [6.07, 6.45) is 2.98. The number of pyridine rings is 1. The molecule has 0 saturated heterocycles. The molecule has 2 aromatic rings. The Labute approximate surface area is 108 Å². The largest absolute Gasteiger partial charge is 0.359 e. The lowest BCUT2D eigenvalue weighted by atomic mass is 10.1. The number of thiazole rings is 1. The summed E-state index contributed by atoms with van der Waals surface area (Å²) in [5.74, 6) is 0.584. The minimum Gasteiger partial charge on any atom is -0.359 e. The molecule has 0 spiro atoms. The van der Waals surface area contributed by atoms with Gasteiger partial charge in [0.25, 0.3) is 5.69 Å². The summed E-state index contributed by atoms with van der Waals surface area (Å²) in [5, 5.41) is 16.6. The maximum Gasteiger partial charge on any atom is 0.287 e. The Hall–Kier alpha value is -2.02. The Kier molecular flexibility index (Phi) is 3.24. The third-order valence-electron chi connectivity index (χ3n) is 2.37. The summed E-state index contributed by atoms with van der Waals surface area (Å²) in [7, 11) is 0. The van der Waals surface area contributed by atoms with Gasteiger partial charge in [-0.15, -0.1) is 11.3 Å². The van der Waals surface area contributed by atoms with Crippen LogP contribution in [0.3, 0.4) is 0 Å². The number of aromatic nitrogens is 2. The van der Waals surface area contributed by atoms with Crippen LogP contribution >= 0.6 is 11.3 Å². The zero-order chi connectivity index (χ0) is 13.2. The zero-order valence-corrected chi connectivity index (χ0v) is 10.8. The van der Waals surface area contributed by atoms with Gasteiger partial charge in [-0.1, -0.05) is 0 Å². The van der Waals surface area contributed by atoms with Gasteiger partial charge < -0.3 is 5.32 Å². The monoisotopic (exact) mass is 264 g/mol. The van der Waals surface area contributed by atoms with Crippen LogP contribution in [0.25, 0.3) is 0 Å². The Bertz CT molecular complexity index is 537. The molecule has 94 valence electrons. The normalized spacial score (nSPS) is 11.2. The highest BCUT2D eigenvalue weighted by atomic mass is 32.1. The van der Waals surface area contributed by atoms with Crippen LogP contribution in [-0.2, 0) is 5.54 Å². The van der Waals surface area contributed by atoms with Crippen molar-refractivity contribution in [3.8, 4) is 0 Å². The van der Waals surface area contributed by atoms with Gasteiger partial charge in [0.05, 0.1) is 10.5 Å². The molecular formula is C11H12N4O2S. The van der Waals surface area contributed by atoms with Crippen LogP contribution in [0, 0.1) is 10.1 Å². The van der Waals surface area contributed by atoms with Gasteiger partial charge in [0, 0.05) is 17.6 Å². The van der Waals surface area contributed by atoms with E-state index in [-0.39, 0.29) is 11.2 Å². The molecule has 1 N–H and O–H groups in total. The first-order chi connectivity index (χ1) is 8.49. The van der Waals surface area contributed by atoms with E-state index in [4.69, 9.17) is 0 Å². The van der Waals surface area contributed by atoms with Crippen molar-refractivity contribution < 1.29 is 4.92 Å². The highest BCUT2D eigenvalue weighted by Crippen LogP contribution is 2.26. The van der Waals surface area contributed by atoms with Crippen molar-refractivity contribution in [1.29, 1.82) is 0 Å². The minimum atomic E-state index is -0.469. The third kappa shape index (κ3) is 2.62. The van der Waals surface area contributed by atoms with Crippen LogP contribution in [-0.4, -0.2) is 14.9 Å². The van der Waals surface area contributed by atoms with Gasteiger partial charge >= 0.3 is 0 Å². The van der Waals surface area contributed by atoms with Crippen LogP contribution < -0.4 is 5.32 Å². The van der Waals surface area contributed by atoms with E-state index in [0.717, 1.165) is 5.01 Å². The lowest BCUT2D eigenvalue weighted by Crippen LogP contribution is -2.28. The number of hydrogen-bond acceptors (Lipinski definition) is 6. The van der Waals surface area contributed by atoms with Crippen LogP contribution in [0.1, 0.15) is 18.9 Å². The van der Waals surface area contributed by atoms with Crippen molar-refractivity contribution in [1.82, 2.24) is 9.97 Å². The van der Waals surface area contributed by atoms with Gasteiger partial charge in [-0.25, -0.2) is 9.97 Å². The molecule has 0 aromatic carbocycles. The molecule has 2 aromatic heterocycles. The summed E-state index contributed by atoms with van der Waals surface area (Å²) in [6, 6.07) is 3.01. The van der Waals surface area contributed by atoms with Crippen LogP contribution in [0.4, 0.5) is 11.5 Å². The van der Waals surface area contributed by atoms with E-state index in [0.29, 0.717) is 5.82 Å². The molecule has 0 aliphatic carbocycles. The Balaban J connectivity index is 2.16. The maximum atomic E-state index is 10.5. The van der Waals surface area contributed by atoms with Crippen molar-refractivity contribution >= 4 is 22.8 Å². The van der Waals surface area contributed by atoms with Crippen molar-refractivity contribution in [2.75, 3.05) is 5.32 Å². The SMILES string of the molecule is CC(C)(Nc1ccc([N+](=O)[O-])cn1)c1nccs1. The molecule has 6 nitrogen and oxygen atoms in total. The van der Waals surface area contributed by atoms with Crippen molar-refractivity contribution in [3.05, 3.63) is 45.0 Å². The van der Waals surface area contributed by atoms with Gasteiger partial charge in [0.2, 0.25) is 0 Å². The zero-order valence-electron chi connectivity index (χ0n) is 9.95. The summed E-state index contributed by atoms with van der Waals surface area (Å²) in [5.41, 5.74) is -0.385. The lowest BCUT2D eigenvalue weighted by molar-refractivity contribution is -0.385. The number of hydrogen-bond donors (Lipinski definition) is 1. The van der Waals surface area contributed by atoms with E-state index in [1.807, 2.05) is 19.2 Å². The maximum absolute atomic E-state index is 10.5. The Morgan fingerprint density at radius 1 is 1.39 bits per heavy atom. The topological polar surface area (TPSA) is 81.0 Å². The minimum absolute atomic E-state index is 0.0207. The van der Waals surface area contributed by atoms with Crippen molar-refractivity contribution in [2.45, 2.75) is 19.4 Å². The van der Waals surface area contributed by atoms with Gasteiger partial charge in [-0.05, 0) is 19.9 Å². The van der Waals surface area contributed by atoms with E-state index in [2.05, 4.69) is 15.3 Å². The fourth-order valence-electron chi connectivity index (χ4n) is 1.47. The first-order valence-corrected chi connectivity index (χ1v) is 6.15. The average molecular weight is 264 g/mol. The molecule has 18 heavy (non-hydrogen) atoms. The second-order valence-corrected chi connectivity index (χ2v) is 5.14. The van der Waals surface area contributed by atoms with Crippen LogP contribution in [0.5, 0.6) is 0 Å². The summed E-state index contributed by atoms with van der Waals surface area (Å²) in [6.45, 7) is 3.96. The second kappa shape index (κ2) is 4.69. The molecule has 0 radical (unpaired) electrons. The number of nitro groups is 1. The molecule has 0 saturated carbocycles. The quantitative estimate of drug-likeness (QED) is 0.678. The predicted molar refractivity (Wildman–Crippen MR) is 69.7 cm³/mol. The molecule has 2 rings (SSSR count). The standard InChI is InChI=1S/C11H12N4O2S/c1-11(2,10-12-5-6-18-10)14-9-4-3-8(7-13-9)15(16)17/h3-7H,1-2H3,(H,13,14). The van der Waals surface area contributed by atoms with Gasteiger partial charge in [0.1, 0.15) is 17.0 Å². The van der Waals surface area contributed by atoms with Crippen molar-refractivity contribution in [2.24, 2.45) is 0 Å². The van der Waals surface area contributed by atoms with Gasteiger partial charge in [-0.3, -0.25) is 10.1 Å². The molecule has 0 aliphatic heterocycles. The number of nitrogens with zero attached hydrogens (tertiary/aromatic N) is 3. The Morgan fingerprint density at radius 3 is 2.67 bits per heavy atom. The van der Waals surface area contributed by atoms with E-state index in [1.165, 1.54) is 12.3 Å². The molecule has 0 atom stereocenters. The fraction of sp³-hybridized carbons (Fsp3) is 0.273. The predicted octanol–water partition coefficient (Wildman–Crippen LogP) is 2.79. The van der Waals surface area contributed by atoms with Gasteiger partial charge in [-0.2, -0.15) is 0 Å². The molecule has 0 bridgehead atoms. The van der Waals surface area contributed by atoms with E-state index in [9.17, 15) is 10.1 Å². The molecule has 0 fully saturated rings. The van der Waals surface area contributed by atoms with Gasteiger partial charge in [0.15, 0.2) is 0 Å². The highest BCUT2D eigenvalue weighted by molar-refractivity contribution is 7.09. The fourth-order valence-corrected chi connectivity index (χ4v) is 2.19. The lowest BCUT2D eigenvalue weighted by Gasteiger charge is -2.24. The van der Waals surface area contributed by atoms with Crippen LogP contribution in [0.2, 0.25) is 0 Å². The van der Waals surface area contributed by atoms with E-state index < -0.39 is 4.92 Å². The molecule has 7 heteroatoms. The number of anilines is 1. The third-order valence-corrected chi connectivity index (χ3v) is 3.46. The summed E-state index contributed by atoms with van der Waals surface area (Å²) in [4.78, 5) is 18.3. The summed E-state index contributed by atoms with van der Waals surface area (Å²) < 4.78 is 0.